The van der Waals surface area contributed by atoms with Crippen molar-refractivity contribution in [2.24, 2.45) is 0 Å². The molecule has 4 N–H and O–H groups in total. The van der Waals surface area contributed by atoms with Crippen LogP contribution in [0.4, 0.5) is 5.82 Å². The van der Waals surface area contributed by atoms with Gasteiger partial charge in [0.1, 0.15) is 11.4 Å². The Morgan fingerprint density at radius 3 is 2.56 bits per heavy atom. The average molecular weight is 225 g/mol. The number of aliphatic hydroxyl groups excluding tert-OH is 1. The molecule has 0 aliphatic heterocycles. The third-order valence-corrected chi connectivity index (χ3v) is 3.08. The maximum atomic E-state index is 10.8. The lowest BCUT2D eigenvalue weighted by Crippen LogP contribution is -2.23. The molecular formula is C10H15N3O3. The molecule has 16 heavy (non-hydrogen) atoms. The third-order valence-electron chi connectivity index (χ3n) is 3.08. The Morgan fingerprint density at radius 2 is 2.06 bits per heavy atom. The zero-order valence-electron chi connectivity index (χ0n) is 8.83. The van der Waals surface area contributed by atoms with E-state index in [4.69, 9.17) is 10.8 Å². The lowest BCUT2D eigenvalue weighted by Gasteiger charge is -2.26. The van der Waals surface area contributed by atoms with Crippen molar-refractivity contribution in [3.63, 3.8) is 0 Å². The molecule has 0 saturated heterocycles. The molecule has 2 rings (SSSR count). The van der Waals surface area contributed by atoms with Crippen molar-refractivity contribution in [2.75, 3.05) is 5.73 Å². The van der Waals surface area contributed by atoms with E-state index in [2.05, 4.69) is 5.10 Å². The van der Waals surface area contributed by atoms with E-state index < -0.39 is 5.97 Å². The van der Waals surface area contributed by atoms with Crippen molar-refractivity contribution >= 4 is 11.8 Å². The highest BCUT2D eigenvalue weighted by Gasteiger charge is 2.24. The molecule has 1 heterocycles. The maximum Gasteiger partial charge on any atom is 0.341 e. The fourth-order valence-electron chi connectivity index (χ4n) is 2.13. The highest BCUT2D eigenvalue weighted by molar-refractivity contribution is 5.92. The zero-order valence-corrected chi connectivity index (χ0v) is 8.83. The van der Waals surface area contributed by atoms with Crippen LogP contribution < -0.4 is 5.73 Å². The summed E-state index contributed by atoms with van der Waals surface area (Å²) in [4.78, 5) is 10.8. The molecule has 0 atom stereocenters. The molecule has 0 amide bonds. The predicted molar refractivity (Wildman–Crippen MR) is 57.1 cm³/mol. The van der Waals surface area contributed by atoms with Gasteiger partial charge >= 0.3 is 5.97 Å². The van der Waals surface area contributed by atoms with Crippen molar-refractivity contribution in [2.45, 2.75) is 37.8 Å². The van der Waals surface area contributed by atoms with E-state index >= 15 is 0 Å². The number of rotatable bonds is 2. The number of hydrogen-bond acceptors (Lipinski definition) is 4. The molecule has 6 heteroatoms. The van der Waals surface area contributed by atoms with Crippen LogP contribution in [0.5, 0.6) is 0 Å². The fraction of sp³-hybridized carbons (Fsp3) is 0.600. The number of aromatic carboxylic acids is 1. The van der Waals surface area contributed by atoms with Gasteiger partial charge in [0.15, 0.2) is 0 Å². The second-order valence-corrected chi connectivity index (χ2v) is 4.16. The first-order valence-corrected chi connectivity index (χ1v) is 5.34. The van der Waals surface area contributed by atoms with E-state index in [1.807, 2.05) is 0 Å². The summed E-state index contributed by atoms with van der Waals surface area (Å²) >= 11 is 0. The third kappa shape index (κ3) is 1.88. The molecule has 6 nitrogen and oxygen atoms in total. The van der Waals surface area contributed by atoms with E-state index in [-0.39, 0.29) is 23.5 Å². The molecule has 1 aromatic rings. The van der Waals surface area contributed by atoms with Crippen LogP contribution in [0, 0.1) is 0 Å². The zero-order chi connectivity index (χ0) is 11.7. The second kappa shape index (κ2) is 4.13. The SMILES string of the molecule is Nc1c(C(=O)O)cnn1[C@H]1CC[C@H](O)CC1. The van der Waals surface area contributed by atoms with Gasteiger partial charge in [0, 0.05) is 0 Å². The monoisotopic (exact) mass is 225 g/mol. The molecule has 0 unspecified atom stereocenters. The smallest absolute Gasteiger partial charge is 0.341 e. The van der Waals surface area contributed by atoms with Crippen LogP contribution in [0.25, 0.3) is 0 Å². The lowest BCUT2D eigenvalue weighted by atomic mass is 9.93. The summed E-state index contributed by atoms with van der Waals surface area (Å²) in [6.45, 7) is 0. The summed E-state index contributed by atoms with van der Waals surface area (Å²) in [5, 5.41) is 22.2. The minimum Gasteiger partial charge on any atom is -0.477 e. The van der Waals surface area contributed by atoms with Crippen LogP contribution in [0.15, 0.2) is 6.20 Å². The van der Waals surface area contributed by atoms with Gasteiger partial charge < -0.3 is 15.9 Å². The Bertz CT molecular complexity index is 394. The van der Waals surface area contributed by atoms with Gasteiger partial charge in [-0.3, -0.25) is 0 Å². The summed E-state index contributed by atoms with van der Waals surface area (Å²) in [5.74, 6) is -0.853. The Hall–Kier alpha value is -1.56. The van der Waals surface area contributed by atoms with Crippen molar-refractivity contribution < 1.29 is 15.0 Å². The molecule has 0 spiro atoms. The predicted octanol–water partition coefficient (Wildman–Crippen LogP) is 0.639. The van der Waals surface area contributed by atoms with Crippen LogP contribution in [-0.4, -0.2) is 32.1 Å². The summed E-state index contributed by atoms with van der Waals surface area (Å²) in [6, 6.07) is 0.108. The number of anilines is 1. The number of nitrogens with two attached hydrogens (primary N) is 1. The lowest BCUT2D eigenvalue weighted by molar-refractivity contribution is 0.0697. The van der Waals surface area contributed by atoms with Gasteiger partial charge in [-0.25, -0.2) is 9.48 Å². The van der Waals surface area contributed by atoms with E-state index in [9.17, 15) is 9.90 Å². The quantitative estimate of drug-likeness (QED) is 0.685. The van der Waals surface area contributed by atoms with Crippen LogP contribution >= 0.6 is 0 Å². The van der Waals surface area contributed by atoms with Crippen LogP contribution in [0.3, 0.4) is 0 Å². The number of carboxylic acid groups (broad SMARTS) is 1. The molecule has 88 valence electrons. The number of aliphatic hydroxyl groups is 1. The van der Waals surface area contributed by atoms with Crippen LogP contribution in [0.2, 0.25) is 0 Å². The van der Waals surface area contributed by atoms with E-state index in [1.165, 1.54) is 6.20 Å². The van der Waals surface area contributed by atoms with Gasteiger partial charge in [-0.2, -0.15) is 5.10 Å². The van der Waals surface area contributed by atoms with Gasteiger partial charge in [0.2, 0.25) is 0 Å². The largest absolute Gasteiger partial charge is 0.477 e. The Balaban J connectivity index is 2.18. The summed E-state index contributed by atoms with van der Waals surface area (Å²) in [5.41, 5.74) is 5.77. The van der Waals surface area contributed by atoms with Crippen molar-refractivity contribution in [3.8, 4) is 0 Å². The molecule has 1 aliphatic rings. The standard InChI is InChI=1S/C10H15N3O3/c11-9-8(10(15)16)5-12-13(9)6-1-3-7(14)4-2-6/h5-7,14H,1-4,11H2,(H,15,16)/t6-,7-. The number of nitrogens with zero attached hydrogens (tertiary/aromatic N) is 2. The van der Waals surface area contributed by atoms with Crippen LogP contribution in [0.1, 0.15) is 42.1 Å². The second-order valence-electron chi connectivity index (χ2n) is 4.16. The maximum absolute atomic E-state index is 10.8. The number of carboxylic acids is 1. The Kier molecular flexibility index (Phi) is 2.82. The van der Waals surface area contributed by atoms with Gasteiger partial charge in [-0.1, -0.05) is 0 Å². The molecule has 0 aromatic carbocycles. The van der Waals surface area contributed by atoms with Gasteiger partial charge in [-0.05, 0) is 25.7 Å². The van der Waals surface area contributed by atoms with Crippen LogP contribution in [-0.2, 0) is 0 Å². The first-order chi connectivity index (χ1) is 7.59. The Labute approximate surface area is 92.7 Å². The molecule has 1 aromatic heterocycles. The minimum absolute atomic E-state index is 0.0473. The van der Waals surface area contributed by atoms with E-state index in [0.717, 1.165) is 12.8 Å². The summed E-state index contributed by atoms with van der Waals surface area (Å²) in [6.07, 6.45) is 4.03. The summed E-state index contributed by atoms with van der Waals surface area (Å²) < 4.78 is 1.56. The molecular weight excluding hydrogens is 210 g/mol. The normalized spacial score (nSPS) is 25.6. The fourth-order valence-corrected chi connectivity index (χ4v) is 2.13. The first-order valence-electron chi connectivity index (χ1n) is 5.34. The molecule has 1 fully saturated rings. The van der Waals surface area contributed by atoms with Crippen molar-refractivity contribution in [1.82, 2.24) is 9.78 Å². The van der Waals surface area contributed by atoms with Gasteiger partial charge in [-0.15, -0.1) is 0 Å². The van der Waals surface area contributed by atoms with Crippen molar-refractivity contribution in [3.05, 3.63) is 11.8 Å². The van der Waals surface area contributed by atoms with Gasteiger partial charge in [0.25, 0.3) is 0 Å². The molecule has 1 saturated carbocycles. The minimum atomic E-state index is -1.06. The topological polar surface area (TPSA) is 101 Å². The molecule has 0 radical (unpaired) electrons. The first kappa shape index (κ1) is 10.9. The number of aromatic nitrogens is 2. The number of carbonyl (C=O) groups is 1. The van der Waals surface area contributed by atoms with E-state index in [1.54, 1.807) is 4.68 Å². The highest BCUT2D eigenvalue weighted by Crippen LogP contribution is 2.30. The average Bonchev–Trinajstić information content (AvgIpc) is 2.61. The number of nitrogen functional groups attached to an aromatic ring is 1. The summed E-state index contributed by atoms with van der Waals surface area (Å²) in [7, 11) is 0. The number of hydrogen-bond donors (Lipinski definition) is 3. The Morgan fingerprint density at radius 1 is 1.44 bits per heavy atom. The molecule has 0 bridgehead atoms. The highest BCUT2D eigenvalue weighted by atomic mass is 16.4. The van der Waals surface area contributed by atoms with Gasteiger partial charge in [0.05, 0.1) is 18.3 Å². The van der Waals surface area contributed by atoms with E-state index in [0.29, 0.717) is 12.8 Å². The molecule has 1 aliphatic carbocycles. The van der Waals surface area contributed by atoms with Crippen molar-refractivity contribution in [1.29, 1.82) is 0 Å².